The van der Waals surface area contributed by atoms with Crippen LogP contribution < -0.4 is 4.74 Å². The van der Waals surface area contributed by atoms with Crippen LogP contribution in [0.25, 0.3) is 11.1 Å². The molecule has 2 aromatic rings. The summed E-state index contributed by atoms with van der Waals surface area (Å²) in [5.74, 6) is -0.677. The minimum absolute atomic E-state index is 0.0578. The number of aliphatic hydroxyl groups excluding tert-OH is 1. The van der Waals surface area contributed by atoms with E-state index in [4.69, 9.17) is 9.47 Å². The van der Waals surface area contributed by atoms with E-state index >= 15 is 0 Å². The van der Waals surface area contributed by atoms with Gasteiger partial charge in [0.05, 0.1) is 19.2 Å². The number of pyridine rings is 1. The van der Waals surface area contributed by atoms with Crippen molar-refractivity contribution in [2.45, 2.75) is 38.8 Å². The van der Waals surface area contributed by atoms with Crippen LogP contribution in [0.4, 0.5) is 4.39 Å². The summed E-state index contributed by atoms with van der Waals surface area (Å²) in [7, 11) is 1.77. The largest absolute Gasteiger partial charge is 0.472 e. The summed E-state index contributed by atoms with van der Waals surface area (Å²) in [4.78, 5) is 34.4. The average molecular weight is 500 g/mol. The summed E-state index contributed by atoms with van der Waals surface area (Å²) >= 11 is 0. The second-order valence-corrected chi connectivity index (χ2v) is 9.82. The molecule has 0 aliphatic carbocycles. The molecule has 4 rings (SSSR count). The standard InChI is InChI=1S/C27H34FN3O5/c1-17-14-31(18(2)16-32)27(34)23-12-21(20-5-4-6-22(28)11-20)13-29-25(23)36-24(17)15-30(3)26(33)19-7-9-35-10-8-19/h4-6,11-13,17-19,24,32H,7-10,14-16H2,1-3H3/t17-,18-,24-/m0/s1. The number of carbonyl (C=O) groups excluding carboxylic acids is 2. The Hall–Kier alpha value is -3.04. The third kappa shape index (κ3) is 5.68. The van der Waals surface area contributed by atoms with Gasteiger partial charge in [0.1, 0.15) is 17.5 Å². The lowest BCUT2D eigenvalue weighted by atomic mass is 9.97. The zero-order valence-corrected chi connectivity index (χ0v) is 21.0. The van der Waals surface area contributed by atoms with Crippen LogP contribution in [0.3, 0.4) is 0 Å². The van der Waals surface area contributed by atoms with Gasteiger partial charge >= 0.3 is 0 Å². The van der Waals surface area contributed by atoms with Crippen molar-refractivity contribution in [3.8, 4) is 17.0 Å². The van der Waals surface area contributed by atoms with Crippen molar-refractivity contribution in [1.82, 2.24) is 14.8 Å². The third-order valence-electron chi connectivity index (χ3n) is 7.08. The van der Waals surface area contributed by atoms with E-state index in [1.807, 2.05) is 6.92 Å². The molecule has 9 heteroatoms. The number of rotatable bonds is 6. The number of amides is 2. The number of carbonyl (C=O) groups is 2. The van der Waals surface area contributed by atoms with Gasteiger partial charge in [-0.15, -0.1) is 0 Å². The van der Waals surface area contributed by atoms with Gasteiger partial charge in [0.15, 0.2) is 0 Å². The summed E-state index contributed by atoms with van der Waals surface area (Å²) < 4.78 is 25.5. The highest BCUT2D eigenvalue weighted by Crippen LogP contribution is 2.31. The lowest BCUT2D eigenvalue weighted by molar-refractivity contribution is -0.138. The van der Waals surface area contributed by atoms with Crippen molar-refractivity contribution in [2.75, 3.05) is 40.0 Å². The Kier molecular flexibility index (Phi) is 8.21. The molecule has 1 fully saturated rings. The number of halogens is 1. The van der Waals surface area contributed by atoms with E-state index in [0.29, 0.717) is 50.3 Å². The summed E-state index contributed by atoms with van der Waals surface area (Å²) in [6.45, 7) is 5.40. The van der Waals surface area contributed by atoms with Crippen molar-refractivity contribution in [2.24, 2.45) is 11.8 Å². The molecule has 1 saturated heterocycles. The van der Waals surface area contributed by atoms with Crippen molar-refractivity contribution in [3.05, 3.63) is 47.9 Å². The molecule has 3 atom stereocenters. The van der Waals surface area contributed by atoms with Crippen molar-refractivity contribution >= 4 is 11.8 Å². The van der Waals surface area contributed by atoms with Gasteiger partial charge in [-0.3, -0.25) is 9.59 Å². The van der Waals surface area contributed by atoms with Crippen LogP contribution in [0.2, 0.25) is 0 Å². The number of fused-ring (bicyclic) bond motifs is 1. The van der Waals surface area contributed by atoms with E-state index in [9.17, 15) is 19.1 Å². The maximum absolute atomic E-state index is 13.8. The lowest BCUT2D eigenvalue weighted by Crippen LogP contribution is -2.51. The molecule has 1 aromatic heterocycles. The maximum atomic E-state index is 13.8. The van der Waals surface area contributed by atoms with Crippen molar-refractivity contribution < 1.29 is 28.6 Å². The number of aromatic nitrogens is 1. The SMILES string of the molecule is C[C@H]1CN([C@@H](C)CO)C(=O)c2cc(-c3cccc(F)c3)cnc2O[C@H]1CN(C)C(=O)C1CCOCC1. The molecule has 8 nitrogen and oxygen atoms in total. The highest BCUT2D eigenvalue weighted by atomic mass is 19.1. The molecular formula is C27H34FN3O5. The van der Waals surface area contributed by atoms with Crippen molar-refractivity contribution in [3.63, 3.8) is 0 Å². The Morgan fingerprint density at radius 3 is 2.72 bits per heavy atom. The molecule has 1 aromatic carbocycles. The smallest absolute Gasteiger partial charge is 0.259 e. The molecule has 0 unspecified atom stereocenters. The fraction of sp³-hybridized carbons (Fsp3) is 0.519. The highest BCUT2D eigenvalue weighted by Gasteiger charge is 2.35. The van der Waals surface area contributed by atoms with Crippen LogP contribution >= 0.6 is 0 Å². The molecular weight excluding hydrogens is 465 g/mol. The Bertz CT molecular complexity index is 1090. The number of benzene rings is 1. The molecule has 2 amide bonds. The fourth-order valence-corrected chi connectivity index (χ4v) is 4.76. The van der Waals surface area contributed by atoms with E-state index in [1.54, 1.807) is 48.2 Å². The minimum Gasteiger partial charge on any atom is -0.472 e. The summed E-state index contributed by atoms with van der Waals surface area (Å²) in [6, 6.07) is 7.31. The summed E-state index contributed by atoms with van der Waals surface area (Å²) in [6.07, 6.45) is 2.54. The number of likely N-dealkylation sites (N-methyl/N-ethyl adjacent to an activating group) is 1. The maximum Gasteiger partial charge on any atom is 0.259 e. The zero-order valence-electron chi connectivity index (χ0n) is 21.0. The first-order chi connectivity index (χ1) is 17.3. The molecule has 36 heavy (non-hydrogen) atoms. The van der Waals surface area contributed by atoms with Gasteiger partial charge in [-0.2, -0.15) is 0 Å². The molecule has 0 saturated carbocycles. The molecule has 2 aliphatic rings. The molecule has 0 radical (unpaired) electrons. The number of nitrogens with zero attached hydrogens (tertiary/aromatic N) is 3. The van der Waals surface area contributed by atoms with E-state index in [1.165, 1.54) is 12.1 Å². The van der Waals surface area contributed by atoms with Gasteiger partial charge in [-0.25, -0.2) is 9.37 Å². The topological polar surface area (TPSA) is 92.2 Å². The second-order valence-electron chi connectivity index (χ2n) is 9.82. The second kappa shape index (κ2) is 11.3. The summed E-state index contributed by atoms with van der Waals surface area (Å²) in [5, 5.41) is 9.85. The average Bonchev–Trinajstić information content (AvgIpc) is 2.90. The van der Waals surface area contributed by atoms with E-state index in [-0.39, 0.29) is 47.5 Å². The molecule has 0 bridgehead atoms. The number of hydrogen-bond acceptors (Lipinski definition) is 6. The molecule has 2 aliphatic heterocycles. The number of ether oxygens (including phenoxy) is 2. The van der Waals surface area contributed by atoms with E-state index in [0.717, 1.165) is 0 Å². The van der Waals surface area contributed by atoms with Crippen LogP contribution in [0.1, 0.15) is 37.0 Å². The first-order valence-corrected chi connectivity index (χ1v) is 12.5. The predicted molar refractivity (Wildman–Crippen MR) is 132 cm³/mol. The normalized spacial score (nSPS) is 21.7. The Morgan fingerprint density at radius 2 is 2.03 bits per heavy atom. The molecule has 0 spiro atoms. The van der Waals surface area contributed by atoms with Crippen LogP contribution in [-0.2, 0) is 9.53 Å². The first kappa shape index (κ1) is 26.0. The first-order valence-electron chi connectivity index (χ1n) is 12.5. The Labute approximate surface area is 211 Å². The van der Waals surface area contributed by atoms with Gasteiger partial charge in [0.25, 0.3) is 5.91 Å². The quantitative estimate of drug-likeness (QED) is 0.657. The molecule has 194 valence electrons. The predicted octanol–water partition coefficient (Wildman–Crippen LogP) is 2.99. The van der Waals surface area contributed by atoms with Gasteiger partial charge in [-0.1, -0.05) is 19.1 Å². The Balaban J connectivity index is 1.65. The van der Waals surface area contributed by atoms with Gasteiger partial charge in [-0.05, 0) is 43.5 Å². The van der Waals surface area contributed by atoms with Crippen LogP contribution in [0, 0.1) is 17.7 Å². The lowest BCUT2D eigenvalue weighted by Gasteiger charge is -2.38. The van der Waals surface area contributed by atoms with Crippen LogP contribution in [0.15, 0.2) is 36.5 Å². The molecule has 1 N–H and O–H groups in total. The number of hydrogen-bond donors (Lipinski definition) is 1. The highest BCUT2D eigenvalue weighted by molar-refractivity contribution is 5.98. The van der Waals surface area contributed by atoms with E-state index < -0.39 is 12.1 Å². The fourth-order valence-electron chi connectivity index (χ4n) is 4.76. The van der Waals surface area contributed by atoms with Gasteiger partial charge in [0.2, 0.25) is 11.8 Å². The number of aliphatic hydroxyl groups is 1. The van der Waals surface area contributed by atoms with Crippen LogP contribution in [-0.4, -0.2) is 83.8 Å². The van der Waals surface area contributed by atoms with Crippen molar-refractivity contribution in [1.29, 1.82) is 0 Å². The monoisotopic (exact) mass is 499 g/mol. The van der Waals surface area contributed by atoms with Crippen LogP contribution in [0.5, 0.6) is 5.88 Å². The van der Waals surface area contributed by atoms with E-state index in [2.05, 4.69) is 4.98 Å². The molecule has 3 heterocycles. The zero-order chi connectivity index (χ0) is 25.8. The minimum atomic E-state index is -0.425. The van der Waals surface area contributed by atoms with Gasteiger partial charge < -0.3 is 24.4 Å². The summed E-state index contributed by atoms with van der Waals surface area (Å²) in [5.41, 5.74) is 1.42. The third-order valence-corrected chi connectivity index (χ3v) is 7.08. The Morgan fingerprint density at radius 1 is 1.28 bits per heavy atom. The van der Waals surface area contributed by atoms with Gasteiger partial charge in [0, 0.05) is 50.4 Å².